The van der Waals surface area contributed by atoms with Gasteiger partial charge in [-0.3, -0.25) is 19.8 Å². The van der Waals surface area contributed by atoms with E-state index in [0.29, 0.717) is 16.9 Å². The Labute approximate surface area is 130 Å². The van der Waals surface area contributed by atoms with Gasteiger partial charge in [-0.2, -0.15) is 5.06 Å². The van der Waals surface area contributed by atoms with Gasteiger partial charge in [-0.15, -0.1) is 0 Å². The Morgan fingerprint density at radius 1 is 1.26 bits per heavy atom. The van der Waals surface area contributed by atoms with E-state index in [0.717, 1.165) is 5.39 Å². The van der Waals surface area contributed by atoms with E-state index in [1.165, 1.54) is 0 Å². The molecule has 1 fully saturated rings. The summed E-state index contributed by atoms with van der Waals surface area (Å²) in [6.45, 7) is 0. The predicted molar refractivity (Wildman–Crippen MR) is 79.4 cm³/mol. The number of benzene rings is 1. The Morgan fingerprint density at radius 3 is 2.48 bits per heavy atom. The molecule has 0 aliphatic carbocycles. The fourth-order valence-corrected chi connectivity index (χ4v) is 2.20. The third-order valence-electron chi connectivity index (χ3n) is 3.21. The average Bonchev–Trinajstić information content (AvgIpc) is 2.74. The van der Waals surface area contributed by atoms with Crippen molar-refractivity contribution in [2.75, 3.05) is 5.73 Å². The van der Waals surface area contributed by atoms with E-state index in [4.69, 9.17) is 15.6 Å². The van der Waals surface area contributed by atoms with Crippen LogP contribution in [0.25, 0.3) is 10.9 Å². The summed E-state index contributed by atoms with van der Waals surface area (Å²) in [7, 11) is 0. The molecule has 1 saturated heterocycles. The minimum atomic E-state index is -1.33. The number of nitrogens with two attached hydrogens (primary N) is 2. The third kappa shape index (κ3) is 3.52. The molecule has 1 atom stereocenters. The van der Waals surface area contributed by atoms with Gasteiger partial charge < -0.3 is 16.6 Å². The second-order valence-electron chi connectivity index (χ2n) is 4.83. The van der Waals surface area contributed by atoms with Gasteiger partial charge in [0.05, 0.1) is 17.1 Å². The summed E-state index contributed by atoms with van der Waals surface area (Å²) in [5.41, 5.74) is 11.5. The van der Waals surface area contributed by atoms with E-state index in [1.807, 2.05) is 0 Å². The molecular weight excluding hydrogens is 304 g/mol. The molecule has 1 aromatic carbocycles. The molecule has 0 saturated carbocycles. The third-order valence-corrected chi connectivity index (χ3v) is 3.21. The lowest BCUT2D eigenvalue weighted by atomic mass is 10.0. The van der Waals surface area contributed by atoms with Crippen molar-refractivity contribution >= 4 is 34.5 Å². The number of rotatable bonds is 1. The zero-order valence-corrected chi connectivity index (χ0v) is 11.8. The number of hydrogen-bond acceptors (Lipinski definition) is 6. The van der Waals surface area contributed by atoms with Crippen LogP contribution in [-0.2, 0) is 9.59 Å². The van der Waals surface area contributed by atoms with E-state index in [9.17, 15) is 14.8 Å². The van der Waals surface area contributed by atoms with Gasteiger partial charge >= 0.3 is 6.09 Å². The summed E-state index contributed by atoms with van der Waals surface area (Å²) in [6, 6.07) is 8.74. The van der Waals surface area contributed by atoms with Crippen molar-refractivity contribution < 1.29 is 24.7 Å². The van der Waals surface area contributed by atoms with E-state index in [1.54, 1.807) is 30.3 Å². The minimum Gasteiger partial charge on any atom is -0.465 e. The van der Waals surface area contributed by atoms with Gasteiger partial charge in [-0.25, -0.2) is 4.79 Å². The maximum Gasteiger partial charge on any atom is 0.402 e. The number of carbonyl (C=O) groups excluding carboxylic acids is 2. The summed E-state index contributed by atoms with van der Waals surface area (Å²) in [5, 5.41) is 17.5. The maximum atomic E-state index is 11.7. The molecule has 1 aliphatic heterocycles. The Bertz CT molecular complexity index is 788. The Kier molecular flexibility index (Phi) is 4.42. The minimum absolute atomic E-state index is 0.0528. The summed E-state index contributed by atoms with van der Waals surface area (Å²) in [6.07, 6.45) is -1.39. The lowest BCUT2D eigenvalue weighted by molar-refractivity contribution is -0.171. The fourth-order valence-electron chi connectivity index (χ4n) is 2.20. The van der Waals surface area contributed by atoms with Crippen LogP contribution in [0.2, 0.25) is 0 Å². The first kappa shape index (κ1) is 16.2. The fraction of sp³-hybridized carbons (Fsp3) is 0.143. The van der Waals surface area contributed by atoms with Crippen LogP contribution in [0, 0.1) is 0 Å². The van der Waals surface area contributed by atoms with Crippen LogP contribution in [0.15, 0.2) is 30.3 Å². The number of fused-ring (bicyclic) bond motifs is 1. The second-order valence-corrected chi connectivity index (χ2v) is 4.83. The van der Waals surface area contributed by atoms with Crippen LogP contribution >= 0.6 is 0 Å². The van der Waals surface area contributed by atoms with Gasteiger partial charge in [0.15, 0.2) is 0 Å². The molecule has 3 amide bonds. The second kappa shape index (κ2) is 6.28. The molecule has 0 radical (unpaired) electrons. The Balaban J connectivity index is 0.000000433. The molecular formula is C14H14N4O5. The number of pyridine rings is 1. The van der Waals surface area contributed by atoms with Crippen molar-refractivity contribution in [3.05, 3.63) is 36.0 Å². The molecule has 2 aromatic rings. The first-order valence-corrected chi connectivity index (χ1v) is 6.50. The number of primary amides is 1. The van der Waals surface area contributed by atoms with Crippen molar-refractivity contribution in [2.45, 2.75) is 12.3 Å². The molecule has 0 bridgehead atoms. The molecule has 1 aliphatic rings. The van der Waals surface area contributed by atoms with Gasteiger partial charge in [-0.05, 0) is 24.3 Å². The smallest absolute Gasteiger partial charge is 0.402 e. The number of hydroxylamine groups is 2. The highest BCUT2D eigenvalue weighted by atomic mass is 16.5. The molecule has 6 N–H and O–H groups in total. The van der Waals surface area contributed by atoms with Crippen molar-refractivity contribution in [2.24, 2.45) is 5.73 Å². The largest absolute Gasteiger partial charge is 0.465 e. The zero-order chi connectivity index (χ0) is 17.1. The molecule has 9 nitrogen and oxygen atoms in total. The van der Waals surface area contributed by atoms with Gasteiger partial charge in [0.1, 0.15) is 0 Å². The summed E-state index contributed by atoms with van der Waals surface area (Å²) in [5.74, 6) is -1.94. The Hall–Kier alpha value is -3.20. The van der Waals surface area contributed by atoms with Crippen LogP contribution in [0.5, 0.6) is 0 Å². The lowest BCUT2D eigenvalue weighted by Crippen LogP contribution is -2.26. The summed E-state index contributed by atoms with van der Waals surface area (Å²) < 4.78 is 0. The quantitative estimate of drug-likeness (QED) is 0.341. The first-order chi connectivity index (χ1) is 10.8. The molecule has 9 heteroatoms. The van der Waals surface area contributed by atoms with Gasteiger partial charge in [-0.1, -0.05) is 6.07 Å². The molecule has 3 rings (SSSR count). The number of aromatic nitrogens is 1. The number of nitrogens with zero attached hydrogens (tertiary/aromatic N) is 2. The topological polar surface area (TPSA) is 160 Å². The standard InChI is InChI=1S/C13H11N3O3.CH3NO2/c14-8-2-4-10-7(5-8)1-3-11(15-10)9-6-12(17)16(19)13(9)18;2-1(3)4/h1-5,9,19H,6,14H2;2H2,(H,3,4). The predicted octanol–water partition coefficient (Wildman–Crippen LogP) is 0.672. The highest BCUT2D eigenvalue weighted by Crippen LogP contribution is 2.28. The Morgan fingerprint density at radius 2 is 1.91 bits per heavy atom. The molecule has 2 heterocycles. The molecule has 1 aromatic heterocycles. The van der Waals surface area contributed by atoms with Crippen molar-refractivity contribution in [3.63, 3.8) is 0 Å². The normalized spacial score (nSPS) is 17.1. The summed E-state index contributed by atoms with van der Waals surface area (Å²) in [4.78, 5) is 36.1. The van der Waals surface area contributed by atoms with E-state index in [2.05, 4.69) is 10.7 Å². The van der Waals surface area contributed by atoms with Crippen molar-refractivity contribution in [3.8, 4) is 0 Å². The van der Waals surface area contributed by atoms with Crippen LogP contribution in [0.1, 0.15) is 18.0 Å². The van der Waals surface area contributed by atoms with Crippen LogP contribution in [0.3, 0.4) is 0 Å². The number of amides is 3. The highest BCUT2D eigenvalue weighted by Gasteiger charge is 2.39. The zero-order valence-electron chi connectivity index (χ0n) is 11.8. The van der Waals surface area contributed by atoms with Gasteiger partial charge in [0.25, 0.3) is 11.8 Å². The van der Waals surface area contributed by atoms with Gasteiger partial charge in [0.2, 0.25) is 0 Å². The lowest BCUT2D eigenvalue weighted by Gasteiger charge is -2.08. The number of carboxylic acid groups (broad SMARTS) is 1. The number of anilines is 1. The van der Waals surface area contributed by atoms with E-state index in [-0.39, 0.29) is 11.5 Å². The molecule has 23 heavy (non-hydrogen) atoms. The summed E-state index contributed by atoms with van der Waals surface area (Å²) >= 11 is 0. The van der Waals surface area contributed by atoms with Gasteiger partial charge in [0, 0.05) is 17.5 Å². The molecule has 1 unspecified atom stereocenters. The maximum absolute atomic E-state index is 11.7. The molecule has 0 spiro atoms. The van der Waals surface area contributed by atoms with Crippen molar-refractivity contribution in [1.82, 2.24) is 10.0 Å². The van der Waals surface area contributed by atoms with Crippen LogP contribution in [0.4, 0.5) is 10.5 Å². The van der Waals surface area contributed by atoms with E-state index >= 15 is 0 Å². The van der Waals surface area contributed by atoms with Crippen LogP contribution in [-0.4, -0.2) is 38.3 Å². The first-order valence-electron chi connectivity index (χ1n) is 6.50. The van der Waals surface area contributed by atoms with Crippen molar-refractivity contribution in [1.29, 1.82) is 0 Å². The van der Waals surface area contributed by atoms with E-state index < -0.39 is 23.8 Å². The number of nitrogen functional groups attached to an aromatic ring is 1. The SMILES string of the molecule is NC(=O)O.Nc1ccc2nc(C3CC(=O)N(O)C3=O)ccc2c1. The highest BCUT2D eigenvalue weighted by molar-refractivity contribution is 6.04. The molecule has 120 valence electrons. The number of imide groups is 1. The number of hydrogen-bond donors (Lipinski definition) is 4. The number of carbonyl (C=O) groups is 3. The monoisotopic (exact) mass is 318 g/mol. The average molecular weight is 318 g/mol. The van der Waals surface area contributed by atoms with Crippen LogP contribution < -0.4 is 11.5 Å².